The van der Waals surface area contributed by atoms with Crippen molar-refractivity contribution in [3.05, 3.63) is 36.4 Å². The number of benzene rings is 2. The third-order valence-corrected chi connectivity index (χ3v) is 6.98. The SMILES string of the molecule is COc1ccc2cc(S(=O)(=O)N3C[C@H]4C[C@@H](O)[C@H]4C3)ccc2c1. The zero-order valence-corrected chi connectivity index (χ0v) is 13.7. The summed E-state index contributed by atoms with van der Waals surface area (Å²) in [7, 11) is -1.90. The highest BCUT2D eigenvalue weighted by Crippen LogP contribution is 2.42. The molecule has 0 aromatic heterocycles. The number of ether oxygens (including phenoxy) is 1. The molecule has 2 aliphatic rings. The molecule has 6 heteroatoms. The standard InChI is InChI=1S/C17H19NO4S/c1-22-14-4-2-12-7-15(5-3-11(12)6-14)23(20,21)18-9-13-8-17(19)16(13)10-18/h2-7,13,16-17,19H,8-10H2,1H3/t13-,16+,17-/m1/s1. The molecule has 3 atom stereocenters. The third-order valence-electron chi connectivity index (χ3n) is 5.15. The summed E-state index contributed by atoms with van der Waals surface area (Å²) in [5.41, 5.74) is 0. The molecule has 1 N–H and O–H groups in total. The van der Waals surface area contributed by atoms with E-state index in [0.29, 0.717) is 30.3 Å². The summed E-state index contributed by atoms with van der Waals surface area (Å²) in [5.74, 6) is 1.16. The van der Waals surface area contributed by atoms with E-state index in [1.165, 1.54) is 4.31 Å². The minimum absolute atomic E-state index is 0.106. The van der Waals surface area contributed by atoms with Gasteiger partial charge in [0, 0.05) is 19.0 Å². The van der Waals surface area contributed by atoms with Crippen molar-refractivity contribution in [1.82, 2.24) is 4.31 Å². The predicted molar refractivity (Wildman–Crippen MR) is 86.9 cm³/mol. The van der Waals surface area contributed by atoms with Gasteiger partial charge in [-0.3, -0.25) is 0 Å². The van der Waals surface area contributed by atoms with E-state index >= 15 is 0 Å². The Balaban J connectivity index is 1.67. The maximum absolute atomic E-state index is 12.8. The average Bonchev–Trinajstić information content (AvgIpc) is 2.91. The van der Waals surface area contributed by atoms with Crippen LogP contribution in [0.1, 0.15) is 6.42 Å². The Bertz CT molecular complexity index is 864. The van der Waals surface area contributed by atoms with Gasteiger partial charge in [-0.15, -0.1) is 0 Å². The second-order valence-electron chi connectivity index (χ2n) is 6.42. The molecule has 1 aliphatic heterocycles. The number of aliphatic hydroxyl groups is 1. The van der Waals surface area contributed by atoms with Crippen LogP contribution in [-0.2, 0) is 10.0 Å². The molecular formula is C17H19NO4S. The van der Waals surface area contributed by atoms with Crippen LogP contribution in [-0.4, -0.2) is 44.1 Å². The fraction of sp³-hybridized carbons (Fsp3) is 0.412. The molecule has 0 radical (unpaired) electrons. The zero-order valence-electron chi connectivity index (χ0n) is 12.8. The molecule has 2 aromatic carbocycles. The number of hydrogen-bond donors (Lipinski definition) is 1. The van der Waals surface area contributed by atoms with E-state index in [2.05, 4.69) is 0 Å². The minimum Gasteiger partial charge on any atom is -0.497 e. The number of aliphatic hydroxyl groups excluding tert-OH is 1. The van der Waals surface area contributed by atoms with Crippen LogP contribution in [0.15, 0.2) is 41.3 Å². The van der Waals surface area contributed by atoms with Crippen LogP contribution in [0.2, 0.25) is 0 Å². The molecule has 1 saturated heterocycles. The molecule has 2 aromatic rings. The highest BCUT2D eigenvalue weighted by Gasteiger charge is 2.49. The number of rotatable bonds is 3. The summed E-state index contributed by atoms with van der Waals surface area (Å²) in [6.07, 6.45) is 0.373. The molecule has 23 heavy (non-hydrogen) atoms. The summed E-state index contributed by atoms with van der Waals surface area (Å²) < 4.78 is 32.4. The van der Waals surface area contributed by atoms with Gasteiger partial charge in [-0.25, -0.2) is 8.42 Å². The molecule has 2 fully saturated rings. The van der Waals surface area contributed by atoms with Crippen molar-refractivity contribution in [2.24, 2.45) is 11.8 Å². The molecule has 0 unspecified atom stereocenters. The van der Waals surface area contributed by atoms with Crippen molar-refractivity contribution >= 4 is 20.8 Å². The number of hydrogen-bond acceptors (Lipinski definition) is 4. The van der Waals surface area contributed by atoms with Gasteiger partial charge in [-0.2, -0.15) is 4.31 Å². The lowest BCUT2D eigenvalue weighted by Crippen LogP contribution is -2.39. The molecule has 0 amide bonds. The lowest BCUT2D eigenvalue weighted by Gasteiger charge is -2.34. The van der Waals surface area contributed by atoms with Gasteiger partial charge in [0.25, 0.3) is 0 Å². The molecule has 5 nitrogen and oxygen atoms in total. The van der Waals surface area contributed by atoms with Crippen molar-refractivity contribution in [2.45, 2.75) is 17.4 Å². The quantitative estimate of drug-likeness (QED) is 0.931. The van der Waals surface area contributed by atoms with Gasteiger partial charge in [-0.1, -0.05) is 12.1 Å². The van der Waals surface area contributed by atoms with Crippen molar-refractivity contribution in [1.29, 1.82) is 0 Å². The highest BCUT2D eigenvalue weighted by atomic mass is 32.2. The Morgan fingerprint density at radius 2 is 1.87 bits per heavy atom. The Morgan fingerprint density at radius 3 is 2.57 bits per heavy atom. The van der Waals surface area contributed by atoms with Crippen LogP contribution in [0.3, 0.4) is 0 Å². The molecule has 1 saturated carbocycles. The number of nitrogens with zero attached hydrogens (tertiary/aromatic N) is 1. The van der Waals surface area contributed by atoms with E-state index < -0.39 is 10.0 Å². The van der Waals surface area contributed by atoms with E-state index in [1.807, 2.05) is 24.3 Å². The first-order valence-corrected chi connectivity index (χ1v) is 9.19. The lowest BCUT2D eigenvalue weighted by atomic mass is 9.74. The molecule has 0 spiro atoms. The summed E-state index contributed by atoms with van der Waals surface area (Å²) in [6, 6.07) is 10.7. The van der Waals surface area contributed by atoms with Crippen molar-refractivity contribution in [3.8, 4) is 5.75 Å². The van der Waals surface area contributed by atoms with Gasteiger partial charge >= 0.3 is 0 Å². The van der Waals surface area contributed by atoms with Gasteiger partial charge in [0.1, 0.15) is 5.75 Å². The van der Waals surface area contributed by atoms with Gasteiger partial charge in [0.15, 0.2) is 0 Å². The predicted octanol–water partition coefficient (Wildman–Crippen LogP) is 1.85. The van der Waals surface area contributed by atoms with E-state index in [1.54, 1.807) is 19.2 Å². The summed E-state index contributed by atoms with van der Waals surface area (Å²) in [6.45, 7) is 0.944. The fourth-order valence-electron chi connectivity index (χ4n) is 3.66. The zero-order chi connectivity index (χ0) is 16.2. The Hall–Kier alpha value is -1.63. The monoisotopic (exact) mass is 333 g/mol. The Kier molecular flexibility index (Phi) is 3.37. The van der Waals surface area contributed by atoms with Crippen molar-refractivity contribution < 1.29 is 18.3 Å². The Labute approximate surface area is 135 Å². The van der Waals surface area contributed by atoms with Crippen molar-refractivity contribution in [2.75, 3.05) is 20.2 Å². The minimum atomic E-state index is -3.50. The maximum Gasteiger partial charge on any atom is 0.243 e. The first-order valence-electron chi connectivity index (χ1n) is 7.75. The summed E-state index contributed by atoms with van der Waals surface area (Å²) >= 11 is 0. The molecule has 122 valence electrons. The van der Waals surface area contributed by atoms with Crippen LogP contribution >= 0.6 is 0 Å². The topological polar surface area (TPSA) is 66.8 Å². The first kappa shape index (κ1) is 14.9. The number of methoxy groups -OCH3 is 1. The van der Waals surface area contributed by atoms with Gasteiger partial charge in [-0.05, 0) is 47.4 Å². The van der Waals surface area contributed by atoms with Gasteiger partial charge in [0.05, 0.1) is 18.1 Å². The number of sulfonamides is 1. The maximum atomic E-state index is 12.8. The molecule has 1 heterocycles. The van der Waals surface area contributed by atoms with Crippen LogP contribution < -0.4 is 4.74 Å². The lowest BCUT2D eigenvalue weighted by molar-refractivity contribution is -0.00416. The van der Waals surface area contributed by atoms with Crippen LogP contribution in [0, 0.1) is 11.8 Å². The molecular weight excluding hydrogens is 314 g/mol. The van der Waals surface area contributed by atoms with E-state index in [0.717, 1.165) is 16.5 Å². The first-order chi connectivity index (χ1) is 11.0. The highest BCUT2D eigenvalue weighted by molar-refractivity contribution is 7.89. The second-order valence-corrected chi connectivity index (χ2v) is 8.36. The average molecular weight is 333 g/mol. The molecule has 1 aliphatic carbocycles. The largest absolute Gasteiger partial charge is 0.497 e. The summed E-state index contributed by atoms with van der Waals surface area (Å²) in [5, 5.41) is 11.5. The van der Waals surface area contributed by atoms with Crippen LogP contribution in [0.4, 0.5) is 0 Å². The molecule has 0 bridgehead atoms. The van der Waals surface area contributed by atoms with Crippen LogP contribution in [0.25, 0.3) is 10.8 Å². The summed E-state index contributed by atoms with van der Waals surface area (Å²) in [4.78, 5) is 0.311. The fourth-order valence-corrected chi connectivity index (χ4v) is 5.23. The van der Waals surface area contributed by atoms with E-state index in [9.17, 15) is 13.5 Å². The second kappa shape index (κ2) is 5.19. The molecule has 4 rings (SSSR count). The van der Waals surface area contributed by atoms with Gasteiger partial charge < -0.3 is 9.84 Å². The smallest absolute Gasteiger partial charge is 0.243 e. The Morgan fingerprint density at radius 1 is 1.13 bits per heavy atom. The van der Waals surface area contributed by atoms with Crippen molar-refractivity contribution in [3.63, 3.8) is 0 Å². The third kappa shape index (κ3) is 2.33. The van der Waals surface area contributed by atoms with Gasteiger partial charge in [0.2, 0.25) is 10.0 Å². The van der Waals surface area contributed by atoms with E-state index in [4.69, 9.17) is 4.74 Å². The number of fused-ring (bicyclic) bond motifs is 2. The van der Waals surface area contributed by atoms with Crippen LogP contribution in [0.5, 0.6) is 5.75 Å². The van der Waals surface area contributed by atoms with E-state index in [-0.39, 0.29) is 12.0 Å². The normalized spacial score (nSPS) is 27.7.